The molecule has 0 spiro atoms. The van der Waals surface area contributed by atoms with Crippen LogP contribution in [0, 0.1) is 22.7 Å². The second kappa shape index (κ2) is 9.10. The van der Waals surface area contributed by atoms with Crippen molar-refractivity contribution in [1.82, 2.24) is 9.13 Å². The molecule has 2 aromatic heterocycles. The summed E-state index contributed by atoms with van der Waals surface area (Å²) in [5.41, 5.74) is 5.82. The molecule has 5 heteroatoms. The van der Waals surface area contributed by atoms with Gasteiger partial charge in [-0.2, -0.15) is 10.5 Å². The van der Waals surface area contributed by atoms with Crippen molar-refractivity contribution in [2.24, 2.45) is 0 Å². The molecule has 7 rings (SSSR count). The molecule has 5 nitrogen and oxygen atoms in total. The van der Waals surface area contributed by atoms with Crippen LogP contribution in [0.5, 0.6) is 11.5 Å². The Hall–Kier alpha value is -5.52. The minimum atomic E-state index is 0.265. The van der Waals surface area contributed by atoms with Gasteiger partial charge < -0.3 is 4.74 Å². The molecule has 184 valence electrons. The van der Waals surface area contributed by atoms with Gasteiger partial charge in [0, 0.05) is 21.9 Å². The third-order valence-electron chi connectivity index (χ3n) is 7.28. The van der Waals surface area contributed by atoms with Gasteiger partial charge in [0.25, 0.3) is 0 Å². The summed E-state index contributed by atoms with van der Waals surface area (Å²) in [5.74, 6) is 0.824. The normalized spacial score (nSPS) is 12.9. The summed E-state index contributed by atoms with van der Waals surface area (Å²) in [6, 6.07) is 34.1. The molecule has 0 unspecified atom stereocenters. The van der Waals surface area contributed by atoms with Crippen LogP contribution >= 0.6 is 0 Å². The first-order valence-electron chi connectivity index (χ1n) is 12.9. The third kappa shape index (κ3) is 3.45. The Labute approximate surface area is 225 Å². The number of allylic oxidation sites excluding steroid dienone is 4. The highest BCUT2D eigenvalue weighted by molar-refractivity contribution is 6.23. The van der Waals surface area contributed by atoms with Gasteiger partial charge in [-0.1, -0.05) is 66.7 Å². The van der Waals surface area contributed by atoms with Crippen LogP contribution in [0.1, 0.15) is 24.0 Å². The van der Waals surface area contributed by atoms with Crippen LogP contribution in [0.2, 0.25) is 0 Å². The lowest BCUT2D eigenvalue weighted by Crippen LogP contribution is -2.04. The van der Waals surface area contributed by atoms with E-state index in [-0.39, 0.29) is 5.75 Å². The van der Waals surface area contributed by atoms with Crippen molar-refractivity contribution in [2.45, 2.75) is 12.8 Å². The van der Waals surface area contributed by atoms with Crippen molar-refractivity contribution < 1.29 is 4.74 Å². The van der Waals surface area contributed by atoms with Crippen LogP contribution in [-0.2, 0) is 0 Å². The number of fused-ring (bicyclic) bond motifs is 5. The van der Waals surface area contributed by atoms with Gasteiger partial charge in [0.15, 0.2) is 11.5 Å². The predicted molar refractivity (Wildman–Crippen MR) is 155 cm³/mol. The van der Waals surface area contributed by atoms with E-state index in [9.17, 15) is 10.5 Å². The maximum absolute atomic E-state index is 9.75. The quantitative estimate of drug-likeness (QED) is 0.243. The van der Waals surface area contributed by atoms with Crippen LogP contribution in [0.15, 0.2) is 109 Å². The molecule has 2 heterocycles. The fourth-order valence-corrected chi connectivity index (χ4v) is 5.63. The standard InChI is InChI=1S/C34H22N4O/c35-21-23-11-10-12-24(22-36)33(23)39-31-20-9-8-19-30(31)38-29-18-7-5-16-27(29)32-26-15-4-6-17-28(26)37(34(32)38)25-13-2-1-3-14-25/h2,4-20H,1,3H2. The largest absolute Gasteiger partial charge is 0.452 e. The maximum Gasteiger partial charge on any atom is 0.163 e. The van der Waals surface area contributed by atoms with Crippen molar-refractivity contribution in [3.05, 3.63) is 120 Å². The number of nitrogens with zero attached hydrogens (tertiary/aromatic N) is 4. The van der Waals surface area contributed by atoms with Crippen molar-refractivity contribution in [1.29, 1.82) is 10.5 Å². The number of hydrogen-bond donors (Lipinski definition) is 0. The van der Waals surface area contributed by atoms with E-state index in [2.05, 4.69) is 82.0 Å². The highest BCUT2D eigenvalue weighted by Gasteiger charge is 2.24. The van der Waals surface area contributed by atoms with Gasteiger partial charge in [-0.15, -0.1) is 0 Å². The van der Waals surface area contributed by atoms with E-state index in [1.165, 1.54) is 10.8 Å². The summed E-state index contributed by atoms with van der Waals surface area (Å²) in [5, 5.41) is 23.0. The molecule has 0 fully saturated rings. The lowest BCUT2D eigenvalue weighted by molar-refractivity contribution is 0.477. The van der Waals surface area contributed by atoms with Crippen LogP contribution in [-0.4, -0.2) is 9.13 Å². The van der Waals surface area contributed by atoms with E-state index in [4.69, 9.17) is 4.74 Å². The monoisotopic (exact) mass is 502 g/mol. The molecule has 1 aliphatic rings. The number of hydrogen-bond acceptors (Lipinski definition) is 3. The highest BCUT2D eigenvalue weighted by Crippen LogP contribution is 2.43. The minimum Gasteiger partial charge on any atom is -0.452 e. The number of para-hydroxylation sites is 5. The number of ether oxygens (including phenoxy) is 1. The van der Waals surface area contributed by atoms with Crippen molar-refractivity contribution >= 4 is 38.5 Å². The number of rotatable bonds is 4. The van der Waals surface area contributed by atoms with E-state index < -0.39 is 0 Å². The van der Waals surface area contributed by atoms with Gasteiger partial charge >= 0.3 is 0 Å². The molecule has 6 aromatic rings. The Morgan fingerprint density at radius 2 is 1.31 bits per heavy atom. The van der Waals surface area contributed by atoms with E-state index in [0.29, 0.717) is 16.9 Å². The topological polar surface area (TPSA) is 66.7 Å². The van der Waals surface area contributed by atoms with Crippen molar-refractivity contribution in [2.75, 3.05) is 0 Å². The molecule has 0 saturated heterocycles. The van der Waals surface area contributed by atoms with E-state index in [1.54, 1.807) is 18.2 Å². The molecule has 0 saturated carbocycles. The SMILES string of the molecule is N#Cc1cccc(C#N)c1Oc1ccccc1-n1c2ccccc2c2c3ccccc3n(C3=CCCC=C3)c21. The Kier molecular flexibility index (Phi) is 5.29. The summed E-state index contributed by atoms with van der Waals surface area (Å²) < 4.78 is 11.0. The molecule has 0 N–H and O–H groups in total. The summed E-state index contributed by atoms with van der Waals surface area (Å²) in [7, 11) is 0. The zero-order valence-corrected chi connectivity index (χ0v) is 21.0. The fourth-order valence-electron chi connectivity index (χ4n) is 5.63. The number of nitriles is 2. The fraction of sp³-hybridized carbons (Fsp3) is 0.0588. The van der Waals surface area contributed by atoms with E-state index >= 15 is 0 Å². The Morgan fingerprint density at radius 1 is 0.667 bits per heavy atom. The average molecular weight is 503 g/mol. The maximum atomic E-state index is 9.75. The Balaban J connectivity index is 1.59. The minimum absolute atomic E-state index is 0.265. The molecule has 0 radical (unpaired) electrons. The van der Waals surface area contributed by atoms with Gasteiger partial charge in [0.2, 0.25) is 0 Å². The van der Waals surface area contributed by atoms with Gasteiger partial charge in [-0.05, 0) is 55.3 Å². The van der Waals surface area contributed by atoms with Crippen molar-refractivity contribution in [3.8, 4) is 29.3 Å². The molecule has 1 aliphatic carbocycles. The third-order valence-corrected chi connectivity index (χ3v) is 7.28. The molecule has 0 amide bonds. The second-order valence-corrected chi connectivity index (χ2v) is 9.49. The van der Waals surface area contributed by atoms with Crippen molar-refractivity contribution in [3.63, 3.8) is 0 Å². The number of aromatic nitrogens is 2. The smallest absolute Gasteiger partial charge is 0.163 e. The molecule has 39 heavy (non-hydrogen) atoms. The molecule has 4 aromatic carbocycles. The zero-order valence-electron chi connectivity index (χ0n) is 21.0. The summed E-state index contributed by atoms with van der Waals surface area (Å²) in [6.07, 6.45) is 8.73. The van der Waals surface area contributed by atoms with Gasteiger partial charge in [-0.25, -0.2) is 0 Å². The van der Waals surface area contributed by atoms with Crippen LogP contribution in [0.3, 0.4) is 0 Å². The van der Waals surface area contributed by atoms with Gasteiger partial charge in [0.1, 0.15) is 17.8 Å². The van der Waals surface area contributed by atoms with Crippen LogP contribution < -0.4 is 4.74 Å². The first-order valence-corrected chi connectivity index (χ1v) is 12.9. The first kappa shape index (κ1) is 22.7. The molecular formula is C34H22N4O. The Morgan fingerprint density at radius 3 is 1.97 bits per heavy atom. The molecule has 0 atom stereocenters. The molecule has 0 aliphatic heterocycles. The Bertz CT molecular complexity index is 2040. The lowest BCUT2D eigenvalue weighted by atomic mass is 10.1. The second-order valence-electron chi connectivity index (χ2n) is 9.49. The highest BCUT2D eigenvalue weighted by atomic mass is 16.5. The molecular weight excluding hydrogens is 480 g/mol. The lowest BCUT2D eigenvalue weighted by Gasteiger charge is -2.18. The van der Waals surface area contributed by atoms with Gasteiger partial charge in [-0.3, -0.25) is 9.13 Å². The van der Waals surface area contributed by atoms with E-state index in [0.717, 1.165) is 46.3 Å². The zero-order chi connectivity index (χ0) is 26.3. The average Bonchev–Trinajstić information content (AvgIpc) is 3.50. The summed E-state index contributed by atoms with van der Waals surface area (Å²) >= 11 is 0. The molecule has 0 bridgehead atoms. The first-order chi connectivity index (χ1) is 19.3. The van der Waals surface area contributed by atoms with Gasteiger partial charge in [0.05, 0.1) is 27.8 Å². The van der Waals surface area contributed by atoms with Crippen LogP contribution in [0.25, 0.3) is 44.2 Å². The summed E-state index contributed by atoms with van der Waals surface area (Å²) in [6.45, 7) is 0. The number of benzene rings is 4. The predicted octanol–water partition coefficient (Wildman–Crippen LogP) is 8.46. The summed E-state index contributed by atoms with van der Waals surface area (Å²) in [4.78, 5) is 0. The van der Waals surface area contributed by atoms with Crippen LogP contribution in [0.4, 0.5) is 0 Å². The van der Waals surface area contributed by atoms with E-state index in [1.807, 2.05) is 30.3 Å².